The molecule has 0 spiro atoms. The van der Waals surface area contributed by atoms with Crippen LogP contribution in [0.4, 0.5) is 0 Å². The topological polar surface area (TPSA) is 58.2 Å². The van der Waals surface area contributed by atoms with E-state index < -0.39 is 0 Å². The number of nitrogens with one attached hydrogen (secondary N) is 2. The number of ketones is 2. The fourth-order valence-corrected chi connectivity index (χ4v) is 1.71. The molecule has 0 atom stereocenters. The van der Waals surface area contributed by atoms with Gasteiger partial charge in [-0.2, -0.15) is 0 Å². The summed E-state index contributed by atoms with van der Waals surface area (Å²) in [5.41, 5.74) is 1.28. The first kappa shape index (κ1) is 17.0. The van der Waals surface area contributed by atoms with Crippen LogP contribution in [0.15, 0.2) is 72.2 Å². The molecule has 0 heterocycles. The summed E-state index contributed by atoms with van der Waals surface area (Å²) in [5, 5.41) is 6.12. The van der Waals surface area contributed by atoms with E-state index in [0.717, 1.165) is 0 Å². The van der Waals surface area contributed by atoms with Crippen LogP contribution in [-0.4, -0.2) is 24.7 Å². The number of hydrogen-bond acceptors (Lipinski definition) is 4. The summed E-state index contributed by atoms with van der Waals surface area (Å²) >= 11 is 0. The van der Waals surface area contributed by atoms with Crippen molar-refractivity contribution in [2.45, 2.75) is 0 Å². The van der Waals surface area contributed by atoms with E-state index in [2.05, 4.69) is 10.6 Å². The van der Waals surface area contributed by atoms with Gasteiger partial charge in [-0.3, -0.25) is 9.59 Å². The van der Waals surface area contributed by atoms with Crippen LogP contribution in [0.2, 0.25) is 0 Å². The van der Waals surface area contributed by atoms with Gasteiger partial charge in [0.25, 0.3) is 0 Å². The summed E-state index contributed by atoms with van der Waals surface area (Å²) in [4.78, 5) is 22.9. The van der Waals surface area contributed by atoms with E-state index in [9.17, 15) is 9.59 Å². The molecule has 4 nitrogen and oxygen atoms in total. The van der Waals surface area contributed by atoms with Gasteiger partial charge in [-0.15, -0.1) is 0 Å². The quantitative estimate of drug-likeness (QED) is 0.455. The molecule has 0 bridgehead atoms. The summed E-state index contributed by atoms with van der Waals surface area (Å²) in [6, 6.07) is 0. The molecule has 0 unspecified atom stereocenters. The van der Waals surface area contributed by atoms with Crippen molar-refractivity contribution in [1.29, 1.82) is 0 Å². The van der Waals surface area contributed by atoms with Gasteiger partial charge < -0.3 is 10.6 Å². The Morgan fingerprint density at radius 3 is 1.48 bits per heavy atom. The van der Waals surface area contributed by atoms with E-state index in [-0.39, 0.29) is 28.6 Å². The van der Waals surface area contributed by atoms with Crippen molar-refractivity contribution in [2.24, 2.45) is 0 Å². The molecular formula is C16H16MnN2O2. The molecule has 2 rings (SSSR count). The van der Waals surface area contributed by atoms with Gasteiger partial charge in [-0.25, -0.2) is 0 Å². The molecule has 0 aromatic carbocycles. The van der Waals surface area contributed by atoms with E-state index in [4.69, 9.17) is 0 Å². The van der Waals surface area contributed by atoms with Gasteiger partial charge in [0.05, 0.1) is 0 Å². The first-order valence-corrected chi connectivity index (χ1v) is 6.42. The molecule has 0 saturated heterocycles. The third kappa shape index (κ3) is 5.42. The van der Waals surface area contributed by atoms with Crippen LogP contribution in [-0.2, 0) is 26.7 Å². The average molecular weight is 323 g/mol. The Morgan fingerprint density at radius 1 is 0.714 bits per heavy atom. The third-order valence-corrected chi connectivity index (χ3v) is 2.77. The molecule has 0 saturated carbocycles. The summed E-state index contributed by atoms with van der Waals surface area (Å²) in [7, 11) is 0. The standard InChI is InChI=1S/C16H16N2O2.Mn/c19-15-7-3-1-5-13(15)11-17-9-10-18-12-14-6-2-4-8-16(14)20;/h1-8,11-12,17-18H,9-10H2;/b13-11-,14-12-;. The van der Waals surface area contributed by atoms with Crippen molar-refractivity contribution in [2.75, 3.05) is 13.1 Å². The number of hydrogen-bond donors (Lipinski definition) is 2. The minimum atomic E-state index is -0.000182. The molecule has 0 fully saturated rings. The molecule has 0 aromatic heterocycles. The van der Waals surface area contributed by atoms with Gasteiger partial charge >= 0.3 is 0 Å². The summed E-state index contributed by atoms with van der Waals surface area (Å²) in [6.45, 7) is 1.32. The van der Waals surface area contributed by atoms with Crippen molar-refractivity contribution in [3.8, 4) is 0 Å². The van der Waals surface area contributed by atoms with Gasteiger partial charge in [0.2, 0.25) is 0 Å². The molecule has 5 heteroatoms. The first-order valence-electron chi connectivity index (χ1n) is 6.42. The van der Waals surface area contributed by atoms with Crippen LogP contribution in [0.5, 0.6) is 0 Å². The van der Waals surface area contributed by atoms with E-state index >= 15 is 0 Å². The molecule has 0 aliphatic heterocycles. The zero-order valence-electron chi connectivity index (χ0n) is 11.4. The summed E-state index contributed by atoms with van der Waals surface area (Å²) in [5.74, 6) is -0.000363. The largest absolute Gasteiger partial charge is 0.389 e. The zero-order chi connectivity index (χ0) is 14.2. The van der Waals surface area contributed by atoms with Crippen LogP contribution in [0.3, 0.4) is 0 Å². The van der Waals surface area contributed by atoms with Gasteiger partial charge in [0.1, 0.15) is 0 Å². The van der Waals surface area contributed by atoms with Gasteiger partial charge in [-0.1, -0.05) is 24.3 Å². The minimum Gasteiger partial charge on any atom is -0.389 e. The van der Waals surface area contributed by atoms with Crippen LogP contribution < -0.4 is 10.6 Å². The Hall–Kier alpha value is -2.10. The fraction of sp³-hybridized carbons (Fsp3) is 0.125. The van der Waals surface area contributed by atoms with E-state index in [1.165, 1.54) is 12.2 Å². The number of carbonyl (C=O) groups is 2. The Labute approximate surface area is 134 Å². The second-order valence-corrected chi connectivity index (χ2v) is 4.27. The summed E-state index contributed by atoms with van der Waals surface area (Å²) in [6.07, 6.45) is 17.1. The average Bonchev–Trinajstić information content (AvgIpc) is 2.46. The second kappa shape index (κ2) is 8.95. The zero-order valence-corrected chi connectivity index (χ0v) is 12.6. The predicted molar refractivity (Wildman–Crippen MR) is 78.7 cm³/mol. The molecule has 0 aromatic rings. The van der Waals surface area contributed by atoms with Crippen LogP contribution in [0.25, 0.3) is 0 Å². The maximum atomic E-state index is 11.4. The first-order chi connectivity index (χ1) is 9.77. The Balaban J connectivity index is 0.00000220. The molecule has 109 valence electrons. The number of carbonyl (C=O) groups excluding carboxylic acids is 2. The summed E-state index contributed by atoms with van der Waals surface area (Å²) < 4.78 is 0. The van der Waals surface area contributed by atoms with Crippen molar-refractivity contribution in [3.05, 3.63) is 72.2 Å². The molecule has 2 N–H and O–H groups in total. The smallest absolute Gasteiger partial charge is 0.187 e. The SMILES string of the molecule is O=C1C=CC=C/C1=C/NCCN/C=C1/C=CC=CC1=O.[Mn]. The maximum Gasteiger partial charge on any atom is 0.187 e. The molecule has 2 aliphatic carbocycles. The van der Waals surface area contributed by atoms with Crippen LogP contribution in [0, 0.1) is 0 Å². The Kier molecular flexibility index (Phi) is 7.22. The second-order valence-electron chi connectivity index (χ2n) is 4.27. The van der Waals surface area contributed by atoms with Gasteiger partial charge in [-0.05, 0) is 24.3 Å². The Morgan fingerprint density at radius 2 is 1.10 bits per heavy atom. The molecule has 2 aliphatic rings. The molecule has 0 amide bonds. The monoisotopic (exact) mass is 323 g/mol. The van der Waals surface area contributed by atoms with E-state index in [0.29, 0.717) is 24.2 Å². The number of allylic oxidation sites excluding steroid dienone is 10. The van der Waals surface area contributed by atoms with Crippen molar-refractivity contribution in [3.63, 3.8) is 0 Å². The Bertz CT molecular complexity index is 529. The minimum absolute atomic E-state index is 0. The third-order valence-electron chi connectivity index (χ3n) is 2.77. The molecule has 21 heavy (non-hydrogen) atoms. The van der Waals surface area contributed by atoms with Crippen LogP contribution in [0.1, 0.15) is 0 Å². The maximum absolute atomic E-state index is 11.4. The van der Waals surface area contributed by atoms with Gasteiger partial charge in [0, 0.05) is 53.7 Å². The fourth-order valence-electron chi connectivity index (χ4n) is 1.71. The predicted octanol–water partition coefficient (Wildman–Crippen LogP) is 1.32. The molecular weight excluding hydrogens is 307 g/mol. The van der Waals surface area contributed by atoms with E-state index in [1.54, 1.807) is 36.7 Å². The van der Waals surface area contributed by atoms with E-state index in [1.807, 2.05) is 12.2 Å². The molecule has 1 radical (unpaired) electrons. The van der Waals surface area contributed by atoms with Crippen molar-refractivity contribution < 1.29 is 26.7 Å². The van der Waals surface area contributed by atoms with Gasteiger partial charge in [0.15, 0.2) is 11.6 Å². The van der Waals surface area contributed by atoms with Crippen molar-refractivity contribution in [1.82, 2.24) is 10.6 Å². The number of rotatable bonds is 5. The normalized spacial score (nSPS) is 20.0. The van der Waals surface area contributed by atoms with Crippen molar-refractivity contribution >= 4 is 11.6 Å². The van der Waals surface area contributed by atoms with Crippen LogP contribution >= 0.6 is 0 Å².